The summed E-state index contributed by atoms with van der Waals surface area (Å²) in [6.45, 7) is 0. The lowest BCUT2D eigenvalue weighted by Gasteiger charge is -2.43. The van der Waals surface area contributed by atoms with E-state index in [9.17, 15) is 10.5 Å². The van der Waals surface area contributed by atoms with Crippen molar-refractivity contribution in [1.82, 2.24) is 19.5 Å². The van der Waals surface area contributed by atoms with Crippen LogP contribution in [0.1, 0.15) is 56.3 Å². The molecule has 2 bridgehead atoms. The average Bonchev–Trinajstić information content (AvgIpc) is 3.59. The first kappa shape index (κ1) is 30.9. The van der Waals surface area contributed by atoms with Crippen molar-refractivity contribution in [2.24, 2.45) is 0 Å². The van der Waals surface area contributed by atoms with Crippen molar-refractivity contribution in [3.05, 3.63) is 202 Å². The first-order valence-electron chi connectivity index (χ1n) is 18.3. The van der Waals surface area contributed by atoms with Gasteiger partial charge in [0.2, 0.25) is 5.95 Å². The Labute approximate surface area is 316 Å². The van der Waals surface area contributed by atoms with Crippen molar-refractivity contribution in [3.8, 4) is 52.0 Å². The van der Waals surface area contributed by atoms with Gasteiger partial charge in [-0.05, 0) is 68.8 Å². The van der Waals surface area contributed by atoms with Crippen molar-refractivity contribution in [3.63, 3.8) is 0 Å². The maximum absolute atomic E-state index is 11.0. The molecule has 3 aliphatic carbocycles. The van der Waals surface area contributed by atoms with Crippen LogP contribution in [0, 0.1) is 22.7 Å². The van der Waals surface area contributed by atoms with Gasteiger partial charge in [-0.3, -0.25) is 4.57 Å². The minimum atomic E-state index is -0.138. The Bertz CT molecular complexity index is 3070. The van der Waals surface area contributed by atoms with Crippen LogP contribution in [-0.2, 0) is 0 Å². The molecule has 0 saturated heterocycles. The summed E-state index contributed by atoms with van der Waals surface area (Å²) >= 11 is 0. The van der Waals surface area contributed by atoms with Gasteiger partial charge in [0.15, 0.2) is 11.6 Å². The quantitative estimate of drug-likeness (QED) is 0.182. The van der Waals surface area contributed by atoms with E-state index in [1.54, 1.807) is 0 Å². The van der Waals surface area contributed by atoms with Gasteiger partial charge in [-0.15, -0.1) is 0 Å². The molecule has 2 unspecified atom stereocenters. The molecule has 2 aromatic heterocycles. The molecule has 0 amide bonds. The summed E-state index contributed by atoms with van der Waals surface area (Å²) in [4.78, 5) is 15.1. The first-order chi connectivity index (χ1) is 27.2. The Morgan fingerprint density at radius 1 is 0.455 bits per heavy atom. The van der Waals surface area contributed by atoms with Crippen LogP contribution in [0.4, 0.5) is 0 Å². The van der Waals surface area contributed by atoms with E-state index in [1.807, 2.05) is 78.9 Å². The summed E-state index contributed by atoms with van der Waals surface area (Å²) in [5, 5.41) is 23.3. The van der Waals surface area contributed by atoms with Crippen LogP contribution in [0.15, 0.2) is 158 Å². The Morgan fingerprint density at radius 3 is 1.75 bits per heavy atom. The Kier molecular flexibility index (Phi) is 6.70. The summed E-state index contributed by atoms with van der Waals surface area (Å²) in [7, 11) is 0. The van der Waals surface area contributed by atoms with E-state index in [-0.39, 0.29) is 11.8 Å². The molecule has 0 saturated carbocycles. The number of nitrogens with zero attached hydrogens (tertiary/aromatic N) is 6. The van der Waals surface area contributed by atoms with E-state index >= 15 is 0 Å². The molecule has 0 spiro atoms. The fourth-order valence-electron chi connectivity index (χ4n) is 9.06. The fourth-order valence-corrected chi connectivity index (χ4v) is 9.06. The van der Waals surface area contributed by atoms with Crippen molar-refractivity contribution >= 4 is 21.8 Å². The van der Waals surface area contributed by atoms with E-state index in [0.29, 0.717) is 28.7 Å². The monoisotopic (exact) mass is 700 g/mol. The molecule has 6 heteroatoms. The molecular formula is C49H28N6. The molecule has 2 atom stereocenters. The molecule has 55 heavy (non-hydrogen) atoms. The number of nitriles is 2. The standard InChI is InChI=1S/C49H28N6/c50-27-32-16-11-20-37-43(32)44-35-18-7-8-19-36(35)45(37)46-38(44)24-23-33(40(46)28-51)31-22-25-42-39(26-31)34-17-9-10-21-41(34)55(42)49-53-47(29-12-3-1-4-13-29)52-48(54-49)30-14-5-2-6-15-30/h1-26,44-45H. The SMILES string of the molecule is N#Cc1cccc2c1C1c3ccccc3C2c2c1ccc(-c1ccc3c(c1)c1ccccc1n3-c1nc(-c3ccccc3)nc(-c3ccccc3)n1)c2C#N. The highest BCUT2D eigenvalue weighted by atomic mass is 15.2. The third-order valence-electron chi connectivity index (χ3n) is 11.3. The maximum Gasteiger partial charge on any atom is 0.238 e. The normalized spacial score (nSPS) is 14.9. The third-order valence-corrected chi connectivity index (χ3v) is 11.3. The first-order valence-corrected chi connectivity index (χ1v) is 18.3. The van der Waals surface area contributed by atoms with E-state index < -0.39 is 0 Å². The molecule has 0 radical (unpaired) electrons. The number of fused-ring (bicyclic) bond motifs is 3. The Balaban J connectivity index is 1.12. The van der Waals surface area contributed by atoms with Crippen molar-refractivity contribution < 1.29 is 0 Å². The Morgan fingerprint density at radius 2 is 1.05 bits per heavy atom. The molecule has 12 rings (SSSR count). The van der Waals surface area contributed by atoms with Crippen molar-refractivity contribution in [2.75, 3.05) is 0 Å². The minimum Gasteiger partial charge on any atom is -0.278 e. The van der Waals surface area contributed by atoms with Gasteiger partial charge in [0.05, 0.1) is 28.2 Å². The number of hydrogen-bond donors (Lipinski definition) is 0. The van der Waals surface area contributed by atoms with Gasteiger partial charge >= 0.3 is 0 Å². The van der Waals surface area contributed by atoms with Gasteiger partial charge in [-0.25, -0.2) is 4.98 Å². The van der Waals surface area contributed by atoms with Crippen LogP contribution in [0.25, 0.3) is 61.7 Å². The van der Waals surface area contributed by atoms with E-state index in [0.717, 1.165) is 66.3 Å². The lowest BCUT2D eigenvalue weighted by atomic mass is 9.59. The van der Waals surface area contributed by atoms with Gasteiger partial charge < -0.3 is 0 Å². The third kappa shape index (κ3) is 4.49. The van der Waals surface area contributed by atoms with E-state index in [2.05, 4.69) is 95.6 Å². The number of aromatic nitrogens is 4. The van der Waals surface area contributed by atoms with Gasteiger partial charge in [0.1, 0.15) is 6.07 Å². The van der Waals surface area contributed by atoms with Crippen LogP contribution in [-0.4, -0.2) is 19.5 Å². The van der Waals surface area contributed by atoms with Crippen molar-refractivity contribution in [1.29, 1.82) is 10.5 Å². The number of para-hydroxylation sites is 1. The van der Waals surface area contributed by atoms with Gasteiger partial charge in [0.25, 0.3) is 0 Å². The van der Waals surface area contributed by atoms with Crippen LogP contribution in [0.2, 0.25) is 0 Å². The number of hydrogen-bond acceptors (Lipinski definition) is 5. The number of benzene rings is 7. The molecule has 0 N–H and O–H groups in total. The lowest BCUT2D eigenvalue weighted by molar-refractivity contribution is 0.750. The number of rotatable bonds is 4. The molecule has 7 aromatic carbocycles. The predicted molar refractivity (Wildman–Crippen MR) is 215 cm³/mol. The molecule has 0 aliphatic heterocycles. The van der Waals surface area contributed by atoms with Crippen LogP contribution < -0.4 is 0 Å². The van der Waals surface area contributed by atoms with Crippen molar-refractivity contribution in [2.45, 2.75) is 11.8 Å². The predicted octanol–water partition coefficient (Wildman–Crippen LogP) is 10.7. The molecular weight excluding hydrogens is 673 g/mol. The largest absolute Gasteiger partial charge is 0.278 e. The Hall–Kier alpha value is -7.67. The lowest BCUT2D eigenvalue weighted by Crippen LogP contribution is -2.29. The second kappa shape index (κ2) is 11.9. The highest BCUT2D eigenvalue weighted by Crippen LogP contribution is 2.58. The summed E-state index contributed by atoms with van der Waals surface area (Å²) in [5.74, 6) is 1.48. The molecule has 9 aromatic rings. The zero-order valence-corrected chi connectivity index (χ0v) is 29.3. The minimum absolute atomic E-state index is 0.106. The fraction of sp³-hybridized carbons (Fsp3) is 0.0408. The average molecular weight is 701 g/mol. The summed E-state index contributed by atoms with van der Waals surface area (Å²) in [5.41, 5.74) is 13.7. The second-order valence-electron chi connectivity index (χ2n) is 14.1. The van der Waals surface area contributed by atoms with Gasteiger partial charge in [-0.1, -0.05) is 133 Å². The van der Waals surface area contributed by atoms with Gasteiger partial charge in [-0.2, -0.15) is 20.5 Å². The van der Waals surface area contributed by atoms with E-state index in [4.69, 9.17) is 15.0 Å². The smallest absolute Gasteiger partial charge is 0.238 e. The molecule has 0 fully saturated rings. The highest BCUT2D eigenvalue weighted by molar-refractivity contribution is 6.10. The molecule has 254 valence electrons. The zero-order valence-electron chi connectivity index (χ0n) is 29.3. The topological polar surface area (TPSA) is 91.2 Å². The second-order valence-corrected chi connectivity index (χ2v) is 14.1. The zero-order chi connectivity index (χ0) is 36.6. The maximum atomic E-state index is 11.0. The molecule has 3 aliphatic rings. The van der Waals surface area contributed by atoms with E-state index in [1.165, 1.54) is 11.1 Å². The summed E-state index contributed by atoms with van der Waals surface area (Å²) < 4.78 is 2.12. The highest BCUT2D eigenvalue weighted by Gasteiger charge is 2.44. The molecule has 6 nitrogen and oxygen atoms in total. The summed E-state index contributed by atoms with van der Waals surface area (Å²) in [6, 6.07) is 58.7. The van der Waals surface area contributed by atoms with Crippen LogP contribution in [0.5, 0.6) is 0 Å². The van der Waals surface area contributed by atoms with Crippen LogP contribution >= 0.6 is 0 Å². The van der Waals surface area contributed by atoms with Crippen LogP contribution in [0.3, 0.4) is 0 Å². The summed E-state index contributed by atoms with van der Waals surface area (Å²) in [6.07, 6.45) is 0. The molecule has 2 heterocycles. The van der Waals surface area contributed by atoms with Gasteiger partial charge in [0, 0.05) is 33.7 Å².